The third kappa shape index (κ3) is 3.07. The van der Waals surface area contributed by atoms with E-state index >= 15 is 0 Å². The molecule has 5 heteroatoms. The summed E-state index contributed by atoms with van der Waals surface area (Å²) in [6.45, 7) is -0.0732. The summed E-state index contributed by atoms with van der Waals surface area (Å²) in [6, 6.07) is 50.0. The summed E-state index contributed by atoms with van der Waals surface area (Å²) >= 11 is 0. The SMILES string of the molecule is c1cc2c3c(c1)-c1cc4c5ccccc5oc4c4c1c(cc1c5ccccc5oc14)B3c1cc3c4ccccc4oc3c3c1c-2cc1c2ccccc2oc13. The summed E-state index contributed by atoms with van der Waals surface area (Å²) in [5.74, 6) is 0. The molecule has 0 aliphatic carbocycles. The average Bonchev–Trinajstić information content (AvgIpc) is 4.00. The number of para-hydroxylation sites is 4. The predicted molar refractivity (Wildman–Crippen MR) is 226 cm³/mol. The molecular weight excluding hydrogens is 675 g/mol. The van der Waals surface area contributed by atoms with Crippen LogP contribution < -0.4 is 16.4 Å². The van der Waals surface area contributed by atoms with E-state index in [0.717, 1.165) is 98.5 Å². The van der Waals surface area contributed by atoms with E-state index in [1.807, 2.05) is 24.3 Å². The van der Waals surface area contributed by atoms with E-state index in [4.69, 9.17) is 17.7 Å². The lowest BCUT2D eigenvalue weighted by Crippen LogP contribution is -2.57. The molecule has 0 bridgehead atoms. The Morgan fingerprint density at radius 3 is 1.02 bits per heavy atom. The molecule has 0 saturated heterocycles. The maximum absolute atomic E-state index is 6.84. The molecule has 0 atom stereocenters. The number of furan rings is 4. The second-order valence-corrected chi connectivity index (χ2v) is 15.4. The van der Waals surface area contributed by atoms with Crippen LogP contribution in [0.15, 0.2) is 157 Å². The molecule has 0 N–H and O–H groups in total. The molecule has 250 valence electrons. The highest BCUT2D eigenvalue weighted by Crippen LogP contribution is 2.49. The van der Waals surface area contributed by atoms with Crippen LogP contribution >= 0.6 is 0 Å². The van der Waals surface area contributed by atoms with Crippen LogP contribution in [-0.4, -0.2) is 6.71 Å². The molecule has 0 amide bonds. The lowest BCUT2D eigenvalue weighted by atomic mass is 9.31. The van der Waals surface area contributed by atoms with Crippen LogP contribution in [-0.2, 0) is 0 Å². The monoisotopic (exact) mass is 698 g/mol. The molecule has 0 saturated carbocycles. The van der Waals surface area contributed by atoms with Gasteiger partial charge in [0.25, 0.3) is 0 Å². The molecule has 2 aliphatic heterocycles. The zero-order valence-corrected chi connectivity index (χ0v) is 29.0. The maximum Gasteiger partial charge on any atom is 0.244 e. The Morgan fingerprint density at radius 2 is 0.636 bits per heavy atom. The molecule has 4 nitrogen and oxygen atoms in total. The minimum Gasteiger partial charge on any atom is -0.455 e. The number of hydrogen-bond donors (Lipinski definition) is 0. The standard InChI is InChI=1S/C50H23BO4/c1-5-16-38-24(10-1)32-20-30-28-14-9-15-29-31-21-33-25-11-2-6-17-39(25)53-48(33)45-43(31)37(23-35-27-13-4-8-19-41(27)55-50(35)45)51(46(28)29)36-22-34-26-12-3-7-18-40(26)54-49(34)44(42(30)36)47(32)52-38/h1-23H. The minimum atomic E-state index is -0.0732. The fourth-order valence-corrected chi connectivity index (χ4v) is 10.7. The lowest BCUT2D eigenvalue weighted by Gasteiger charge is -2.34. The van der Waals surface area contributed by atoms with Crippen LogP contribution in [0.1, 0.15) is 0 Å². The van der Waals surface area contributed by atoms with Gasteiger partial charge in [0.2, 0.25) is 6.71 Å². The Labute approximate surface area is 310 Å². The Bertz CT molecular complexity index is 3690. The van der Waals surface area contributed by atoms with Gasteiger partial charge in [-0.05, 0) is 69.4 Å². The van der Waals surface area contributed by atoms with Gasteiger partial charge in [-0.3, -0.25) is 0 Å². The Kier molecular flexibility index (Phi) is 4.53. The summed E-state index contributed by atoms with van der Waals surface area (Å²) in [6.07, 6.45) is 0. The van der Waals surface area contributed by atoms with Gasteiger partial charge in [0.15, 0.2) is 0 Å². The van der Waals surface area contributed by atoms with E-state index in [9.17, 15) is 0 Å². The molecule has 0 radical (unpaired) electrons. The van der Waals surface area contributed by atoms with Crippen molar-refractivity contribution in [3.05, 3.63) is 140 Å². The first-order chi connectivity index (χ1) is 27.3. The third-order valence-electron chi connectivity index (χ3n) is 12.8. The number of hydrogen-bond acceptors (Lipinski definition) is 4. The number of benzene rings is 9. The van der Waals surface area contributed by atoms with Crippen molar-refractivity contribution in [1.82, 2.24) is 0 Å². The largest absolute Gasteiger partial charge is 0.455 e. The Morgan fingerprint density at radius 1 is 0.291 bits per heavy atom. The van der Waals surface area contributed by atoms with Gasteiger partial charge in [-0.15, -0.1) is 0 Å². The van der Waals surface area contributed by atoms with Crippen molar-refractivity contribution < 1.29 is 17.7 Å². The van der Waals surface area contributed by atoms with Gasteiger partial charge in [-0.25, -0.2) is 0 Å². The van der Waals surface area contributed by atoms with E-state index in [1.165, 1.54) is 49.4 Å². The van der Waals surface area contributed by atoms with E-state index in [2.05, 4.69) is 115 Å². The molecule has 13 aromatic rings. The van der Waals surface area contributed by atoms with Gasteiger partial charge >= 0.3 is 0 Å². The molecule has 0 unspecified atom stereocenters. The van der Waals surface area contributed by atoms with Crippen molar-refractivity contribution in [2.24, 2.45) is 0 Å². The summed E-state index contributed by atoms with van der Waals surface area (Å²) in [5, 5.41) is 13.3. The Hall–Kier alpha value is -7.24. The summed E-state index contributed by atoms with van der Waals surface area (Å²) in [5.41, 5.74) is 15.7. The zero-order chi connectivity index (χ0) is 35.3. The minimum absolute atomic E-state index is 0.0732. The fourth-order valence-electron chi connectivity index (χ4n) is 10.7. The van der Waals surface area contributed by atoms with Crippen LogP contribution in [0.2, 0.25) is 0 Å². The summed E-state index contributed by atoms with van der Waals surface area (Å²) < 4.78 is 27.4. The smallest absolute Gasteiger partial charge is 0.244 e. The second kappa shape index (κ2) is 9.10. The zero-order valence-electron chi connectivity index (χ0n) is 29.0. The van der Waals surface area contributed by atoms with E-state index in [0.29, 0.717) is 0 Å². The quantitative estimate of drug-likeness (QED) is 0.148. The molecule has 0 fully saturated rings. The molecule has 9 aromatic carbocycles. The van der Waals surface area contributed by atoms with Crippen molar-refractivity contribution in [3.63, 3.8) is 0 Å². The van der Waals surface area contributed by atoms with Crippen molar-refractivity contribution in [3.8, 4) is 22.3 Å². The van der Waals surface area contributed by atoms with Gasteiger partial charge in [-0.2, -0.15) is 0 Å². The predicted octanol–water partition coefficient (Wildman–Crippen LogP) is 12.1. The molecule has 0 spiro atoms. The maximum atomic E-state index is 6.84. The molecule has 2 aliphatic rings. The third-order valence-corrected chi connectivity index (χ3v) is 12.8. The van der Waals surface area contributed by atoms with Crippen molar-refractivity contribution in [2.75, 3.05) is 0 Å². The molecule has 6 heterocycles. The van der Waals surface area contributed by atoms with Crippen LogP contribution in [0.25, 0.3) is 132 Å². The normalized spacial score (nSPS) is 13.4. The van der Waals surface area contributed by atoms with E-state index in [1.54, 1.807) is 0 Å². The van der Waals surface area contributed by atoms with Gasteiger partial charge < -0.3 is 17.7 Å². The second-order valence-electron chi connectivity index (χ2n) is 15.4. The van der Waals surface area contributed by atoms with Crippen molar-refractivity contribution >= 4 is 132 Å². The molecule has 4 aromatic heterocycles. The first-order valence-corrected chi connectivity index (χ1v) is 18.9. The molecule has 55 heavy (non-hydrogen) atoms. The van der Waals surface area contributed by atoms with Gasteiger partial charge in [-0.1, -0.05) is 120 Å². The number of fused-ring (bicyclic) bond motifs is 20. The summed E-state index contributed by atoms with van der Waals surface area (Å²) in [4.78, 5) is 0. The van der Waals surface area contributed by atoms with Crippen LogP contribution in [0.4, 0.5) is 0 Å². The number of rotatable bonds is 0. The topological polar surface area (TPSA) is 52.6 Å². The van der Waals surface area contributed by atoms with Crippen LogP contribution in [0.3, 0.4) is 0 Å². The van der Waals surface area contributed by atoms with Crippen molar-refractivity contribution in [1.29, 1.82) is 0 Å². The van der Waals surface area contributed by atoms with Gasteiger partial charge in [0.1, 0.15) is 44.7 Å². The average molecular weight is 699 g/mol. The van der Waals surface area contributed by atoms with Crippen LogP contribution in [0.5, 0.6) is 0 Å². The molecule has 15 rings (SSSR count). The van der Waals surface area contributed by atoms with Gasteiger partial charge in [0.05, 0.1) is 10.8 Å². The summed E-state index contributed by atoms with van der Waals surface area (Å²) in [7, 11) is 0. The highest BCUT2D eigenvalue weighted by atomic mass is 16.4. The van der Waals surface area contributed by atoms with Gasteiger partial charge in [0, 0.05) is 43.1 Å². The first kappa shape index (κ1) is 27.4. The van der Waals surface area contributed by atoms with Crippen LogP contribution in [0, 0.1) is 0 Å². The molecular formula is C50H23BO4. The highest BCUT2D eigenvalue weighted by Gasteiger charge is 2.41. The first-order valence-electron chi connectivity index (χ1n) is 18.9. The van der Waals surface area contributed by atoms with E-state index in [-0.39, 0.29) is 6.71 Å². The highest BCUT2D eigenvalue weighted by molar-refractivity contribution is 7.02. The van der Waals surface area contributed by atoms with E-state index < -0.39 is 0 Å². The Balaban J connectivity index is 1.22. The fraction of sp³-hybridized carbons (Fsp3) is 0. The lowest BCUT2D eigenvalue weighted by molar-refractivity contribution is 0.662. The van der Waals surface area contributed by atoms with Crippen molar-refractivity contribution in [2.45, 2.75) is 0 Å².